The fourth-order valence-corrected chi connectivity index (χ4v) is 3.85. The van der Waals surface area contributed by atoms with Crippen molar-refractivity contribution in [1.29, 1.82) is 0 Å². The van der Waals surface area contributed by atoms with Crippen LogP contribution in [0.15, 0.2) is 77.3 Å². The number of amides is 1. The number of carbonyl (C=O) groups is 1. The van der Waals surface area contributed by atoms with Crippen LogP contribution in [0.2, 0.25) is 5.02 Å². The van der Waals surface area contributed by atoms with Crippen LogP contribution < -0.4 is 10.1 Å². The third-order valence-corrected chi connectivity index (χ3v) is 5.63. The van der Waals surface area contributed by atoms with Gasteiger partial charge in [0.1, 0.15) is 23.2 Å². The predicted molar refractivity (Wildman–Crippen MR) is 129 cm³/mol. The molecule has 0 spiro atoms. The molecular weight excluding hydrogens is 440 g/mol. The SMILES string of the molecule is COc1ccccc1-c1ccc(-c2onc(C)c2NC(=O)OC(C)c2ccccc2Cl)cc1. The Labute approximate surface area is 197 Å². The van der Waals surface area contributed by atoms with Crippen molar-refractivity contribution in [3.8, 4) is 28.2 Å². The first-order valence-electron chi connectivity index (χ1n) is 10.4. The highest BCUT2D eigenvalue weighted by atomic mass is 35.5. The summed E-state index contributed by atoms with van der Waals surface area (Å²) in [5.41, 5.74) is 4.47. The van der Waals surface area contributed by atoms with Crippen molar-refractivity contribution in [2.45, 2.75) is 20.0 Å². The zero-order valence-corrected chi connectivity index (χ0v) is 19.2. The minimum Gasteiger partial charge on any atom is -0.496 e. The number of halogens is 1. The summed E-state index contributed by atoms with van der Waals surface area (Å²) in [4.78, 5) is 12.6. The fraction of sp³-hybridized carbons (Fsp3) is 0.154. The van der Waals surface area contributed by atoms with Crippen LogP contribution in [0.3, 0.4) is 0 Å². The molecule has 1 atom stereocenters. The molecule has 0 aliphatic rings. The van der Waals surface area contributed by atoms with Crippen molar-refractivity contribution in [3.63, 3.8) is 0 Å². The molecule has 1 aromatic heterocycles. The molecule has 3 aromatic carbocycles. The number of rotatable bonds is 6. The number of methoxy groups -OCH3 is 1. The molecule has 0 saturated heterocycles. The number of para-hydroxylation sites is 1. The Balaban J connectivity index is 1.53. The van der Waals surface area contributed by atoms with Crippen molar-refractivity contribution >= 4 is 23.4 Å². The Morgan fingerprint density at radius 1 is 1.00 bits per heavy atom. The lowest BCUT2D eigenvalue weighted by Crippen LogP contribution is -2.17. The van der Waals surface area contributed by atoms with Gasteiger partial charge in [-0.2, -0.15) is 0 Å². The minimum atomic E-state index is -0.624. The van der Waals surface area contributed by atoms with Crippen LogP contribution in [0.5, 0.6) is 5.75 Å². The van der Waals surface area contributed by atoms with E-state index < -0.39 is 12.2 Å². The largest absolute Gasteiger partial charge is 0.496 e. The summed E-state index contributed by atoms with van der Waals surface area (Å²) in [6, 6.07) is 22.8. The van der Waals surface area contributed by atoms with Gasteiger partial charge < -0.3 is 14.0 Å². The van der Waals surface area contributed by atoms with Gasteiger partial charge in [0.15, 0.2) is 5.76 Å². The second-order valence-electron chi connectivity index (χ2n) is 7.44. The van der Waals surface area contributed by atoms with E-state index in [0.717, 1.165) is 28.0 Å². The number of nitrogens with zero attached hydrogens (tertiary/aromatic N) is 1. The maximum Gasteiger partial charge on any atom is 0.412 e. The number of aromatic nitrogens is 1. The molecule has 0 aliphatic heterocycles. The molecule has 1 amide bonds. The summed E-state index contributed by atoms with van der Waals surface area (Å²) in [7, 11) is 1.65. The Morgan fingerprint density at radius 3 is 2.39 bits per heavy atom. The summed E-state index contributed by atoms with van der Waals surface area (Å²) in [6.45, 7) is 3.52. The molecule has 0 bridgehead atoms. The Kier molecular flexibility index (Phi) is 6.66. The van der Waals surface area contributed by atoms with Gasteiger partial charge in [0.05, 0.1) is 7.11 Å². The van der Waals surface area contributed by atoms with Gasteiger partial charge in [-0.25, -0.2) is 4.79 Å². The molecule has 33 heavy (non-hydrogen) atoms. The summed E-state index contributed by atoms with van der Waals surface area (Å²) in [5.74, 6) is 1.24. The van der Waals surface area contributed by atoms with Gasteiger partial charge in [-0.1, -0.05) is 77.4 Å². The number of aryl methyl sites for hydroxylation is 1. The van der Waals surface area contributed by atoms with E-state index >= 15 is 0 Å². The van der Waals surface area contributed by atoms with Crippen LogP contribution >= 0.6 is 11.6 Å². The lowest BCUT2D eigenvalue weighted by molar-refractivity contribution is 0.121. The zero-order chi connectivity index (χ0) is 23.4. The van der Waals surface area contributed by atoms with E-state index in [9.17, 15) is 4.79 Å². The topological polar surface area (TPSA) is 73.6 Å². The molecular formula is C26H23ClN2O4. The highest BCUT2D eigenvalue weighted by Crippen LogP contribution is 2.35. The highest BCUT2D eigenvalue weighted by molar-refractivity contribution is 6.31. The summed E-state index contributed by atoms with van der Waals surface area (Å²) in [6.07, 6.45) is -1.15. The van der Waals surface area contributed by atoms with E-state index in [1.807, 2.05) is 66.7 Å². The molecule has 0 aliphatic carbocycles. The first-order chi connectivity index (χ1) is 16.0. The van der Waals surface area contributed by atoms with Crippen LogP contribution in [-0.4, -0.2) is 18.4 Å². The van der Waals surface area contributed by atoms with E-state index in [-0.39, 0.29) is 0 Å². The average Bonchev–Trinajstić information content (AvgIpc) is 3.19. The van der Waals surface area contributed by atoms with E-state index in [0.29, 0.717) is 22.2 Å². The maximum atomic E-state index is 12.6. The molecule has 7 heteroatoms. The number of nitrogens with one attached hydrogen (secondary N) is 1. The summed E-state index contributed by atoms with van der Waals surface area (Å²) in [5, 5.41) is 7.32. The normalized spacial score (nSPS) is 11.6. The molecule has 4 rings (SSSR count). The van der Waals surface area contributed by atoms with E-state index in [1.165, 1.54) is 0 Å². The Hall–Kier alpha value is -3.77. The van der Waals surface area contributed by atoms with E-state index in [1.54, 1.807) is 27.0 Å². The monoisotopic (exact) mass is 462 g/mol. The van der Waals surface area contributed by atoms with Crippen LogP contribution in [0.25, 0.3) is 22.5 Å². The van der Waals surface area contributed by atoms with Crippen molar-refractivity contribution in [2.24, 2.45) is 0 Å². The molecule has 6 nitrogen and oxygen atoms in total. The molecule has 1 N–H and O–H groups in total. The number of carbonyl (C=O) groups excluding carboxylic acids is 1. The van der Waals surface area contributed by atoms with Gasteiger partial charge in [-0.15, -0.1) is 0 Å². The fourth-order valence-electron chi connectivity index (χ4n) is 3.56. The maximum absolute atomic E-state index is 12.6. The van der Waals surface area contributed by atoms with Crippen molar-refractivity contribution in [1.82, 2.24) is 5.16 Å². The standard InChI is InChI=1S/C26H23ClN2O4/c1-16-24(28-26(30)32-17(2)20-8-4-6-10-22(20)27)25(33-29-16)19-14-12-18(13-15-19)21-9-5-7-11-23(21)31-3/h4-15,17H,1-3H3,(H,28,30). The second kappa shape index (κ2) is 9.79. The number of benzene rings is 3. The van der Waals surface area contributed by atoms with Crippen molar-refractivity contribution in [3.05, 3.63) is 89.1 Å². The summed E-state index contributed by atoms with van der Waals surface area (Å²) < 4.78 is 16.5. The highest BCUT2D eigenvalue weighted by Gasteiger charge is 2.20. The average molecular weight is 463 g/mol. The second-order valence-corrected chi connectivity index (χ2v) is 7.85. The number of ether oxygens (including phenoxy) is 2. The molecule has 1 unspecified atom stereocenters. The number of hydrogen-bond acceptors (Lipinski definition) is 5. The molecule has 0 radical (unpaired) electrons. The minimum absolute atomic E-state index is 0.446. The van der Waals surface area contributed by atoms with Crippen LogP contribution in [0.1, 0.15) is 24.3 Å². The van der Waals surface area contributed by atoms with Crippen LogP contribution in [0.4, 0.5) is 10.5 Å². The molecule has 0 saturated carbocycles. The Bertz CT molecular complexity index is 1270. The smallest absolute Gasteiger partial charge is 0.412 e. The number of hydrogen-bond donors (Lipinski definition) is 1. The molecule has 0 fully saturated rings. The molecule has 4 aromatic rings. The summed E-state index contributed by atoms with van der Waals surface area (Å²) >= 11 is 6.21. The molecule has 1 heterocycles. The third-order valence-electron chi connectivity index (χ3n) is 5.28. The quantitative estimate of drug-likeness (QED) is 0.325. The third kappa shape index (κ3) is 4.86. The Morgan fingerprint density at radius 2 is 1.67 bits per heavy atom. The number of anilines is 1. The predicted octanol–water partition coefficient (Wildman–Crippen LogP) is 7.29. The van der Waals surface area contributed by atoms with Crippen molar-refractivity contribution in [2.75, 3.05) is 12.4 Å². The van der Waals surface area contributed by atoms with E-state index in [2.05, 4.69) is 10.5 Å². The first-order valence-corrected chi connectivity index (χ1v) is 10.8. The van der Waals surface area contributed by atoms with E-state index in [4.69, 9.17) is 25.6 Å². The lowest BCUT2D eigenvalue weighted by atomic mass is 10.0. The van der Waals surface area contributed by atoms with Gasteiger partial charge >= 0.3 is 6.09 Å². The van der Waals surface area contributed by atoms with Gasteiger partial charge in [0.2, 0.25) is 0 Å². The van der Waals surface area contributed by atoms with Crippen molar-refractivity contribution < 1.29 is 18.8 Å². The molecule has 168 valence electrons. The van der Waals surface area contributed by atoms with Crippen LogP contribution in [0, 0.1) is 6.92 Å². The van der Waals surface area contributed by atoms with Gasteiger partial charge in [0, 0.05) is 21.7 Å². The van der Waals surface area contributed by atoms with Gasteiger partial charge in [-0.3, -0.25) is 5.32 Å². The zero-order valence-electron chi connectivity index (χ0n) is 18.5. The van der Waals surface area contributed by atoms with Gasteiger partial charge in [-0.05, 0) is 31.5 Å². The van der Waals surface area contributed by atoms with Crippen LogP contribution in [-0.2, 0) is 4.74 Å². The van der Waals surface area contributed by atoms with Gasteiger partial charge in [0.25, 0.3) is 0 Å². The first kappa shape index (κ1) is 22.4. The lowest BCUT2D eigenvalue weighted by Gasteiger charge is -2.15.